The zero-order chi connectivity index (χ0) is 50.7. The van der Waals surface area contributed by atoms with E-state index in [9.17, 15) is 64.8 Å². The van der Waals surface area contributed by atoms with Gasteiger partial charge in [-0.15, -0.1) is 0 Å². The number of esters is 5. The molecule has 0 aromatic heterocycles. The number of carbonyl (C=O) groups excluding carboxylic acids is 5. The maximum atomic E-state index is 13.4. The van der Waals surface area contributed by atoms with Gasteiger partial charge in [0.1, 0.15) is 55.4 Å². The summed E-state index contributed by atoms with van der Waals surface area (Å²) < 4.78 is 27.6. The normalized spacial score (nSPS) is 17.0. The zero-order valence-corrected chi connectivity index (χ0v) is 40.9. The van der Waals surface area contributed by atoms with Crippen molar-refractivity contribution < 1.29 is 93.6 Å². The smallest absolute Gasteiger partial charge is 0.309 e. The number of hydrogen-bond acceptors (Lipinski definition) is 19. The van der Waals surface area contributed by atoms with Crippen molar-refractivity contribution >= 4 is 29.8 Å². The van der Waals surface area contributed by atoms with Crippen LogP contribution >= 0.6 is 0 Å². The van der Waals surface area contributed by atoms with Gasteiger partial charge in [0.2, 0.25) is 0 Å². The van der Waals surface area contributed by atoms with Gasteiger partial charge in [0, 0.05) is 26.2 Å². The van der Waals surface area contributed by atoms with Crippen molar-refractivity contribution in [3.8, 4) is 0 Å². The predicted molar refractivity (Wildman–Crippen MR) is 245 cm³/mol. The number of aliphatic hydroxyl groups is 9. The van der Waals surface area contributed by atoms with Crippen molar-refractivity contribution in [1.82, 2.24) is 0 Å². The molecule has 0 saturated heterocycles. The molecule has 0 aromatic carbocycles. The summed E-state index contributed by atoms with van der Waals surface area (Å²) in [6, 6.07) is 0. The first kappa shape index (κ1) is 64.0. The Morgan fingerprint density at radius 1 is 0.403 bits per heavy atom. The zero-order valence-electron chi connectivity index (χ0n) is 40.9. The fourth-order valence-corrected chi connectivity index (χ4v) is 7.52. The van der Waals surface area contributed by atoms with Gasteiger partial charge < -0.3 is 69.6 Å². The van der Waals surface area contributed by atoms with Crippen LogP contribution in [0, 0.1) is 0 Å². The molecule has 0 radical (unpaired) electrons. The van der Waals surface area contributed by atoms with Crippen molar-refractivity contribution in [2.24, 2.45) is 0 Å². The highest BCUT2D eigenvalue weighted by atomic mass is 16.6. The van der Waals surface area contributed by atoms with Crippen molar-refractivity contribution in [2.75, 3.05) is 13.2 Å². The van der Waals surface area contributed by atoms with E-state index in [4.69, 9.17) is 28.8 Å². The summed E-state index contributed by atoms with van der Waals surface area (Å²) in [7, 11) is 0. The third kappa shape index (κ3) is 33.2. The van der Waals surface area contributed by atoms with E-state index in [1.54, 1.807) is 0 Å². The molecule has 0 bridgehead atoms. The minimum Gasteiger partial charge on any atom is -0.463 e. The summed E-state index contributed by atoms with van der Waals surface area (Å²) in [4.78, 5) is 64.1. The third-order valence-electron chi connectivity index (χ3n) is 11.2. The number of aliphatic hydroxyl groups excluding tert-OH is 9. The molecule has 0 aromatic rings. The van der Waals surface area contributed by atoms with E-state index >= 15 is 0 Å². The standard InChI is InChI=1S/C48H88O19/c1-6-10-14-18-33(51)22-34(52)26-44(58)67-39(21-17-13-9-4)28-40(64-32(5)50)29-46(60)66-38(20-16-12-8-3)24-36(54)27-45(59)65-37(19-15-11-7-2)23-35(53)25-43(57)63-31-42(56)48(62)47(61)41(55)30-49/h33-42,47-49,51-56,61-62H,6-31H2,1-5H3/t33?,34?,35?,36?,37?,38?,39?,40?,41-,42-,47-,48-/m1/s1. The van der Waals surface area contributed by atoms with E-state index in [2.05, 4.69) is 0 Å². The Morgan fingerprint density at radius 3 is 1.19 bits per heavy atom. The quantitative estimate of drug-likeness (QED) is 0.0240. The predicted octanol–water partition coefficient (Wildman–Crippen LogP) is 3.52. The highest BCUT2D eigenvalue weighted by Crippen LogP contribution is 2.23. The summed E-state index contributed by atoms with van der Waals surface area (Å²) in [6.07, 6.45) is -6.10. The monoisotopic (exact) mass is 969 g/mol. The second-order valence-corrected chi connectivity index (χ2v) is 17.9. The minimum absolute atomic E-state index is 0.0136. The average molecular weight is 969 g/mol. The van der Waals surface area contributed by atoms with Crippen LogP contribution in [-0.4, -0.2) is 162 Å². The van der Waals surface area contributed by atoms with E-state index in [1.807, 2.05) is 27.7 Å². The summed E-state index contributed by atoms with van der Waals surface area (Å²) in [5, 5.41) is 90.6. The Kier molecular flexibility index (Phi) is 37.1. The lowest BCUT2D eigenvalue weighted by molar-refractivity contribution is -0.162. The molecule has 19 nitrogen and oxygen atoms in total. The van der Waals surface area contributed by atoms with Crippen LogP contribution in [0.1, 0.15) is 189 Å². The molecule has 0 rings (SSSR count). The van der Waals surface area contributed by atoms with Crippen LogP contribution < -0.4 is 0 Å². The first-order valence-electron chi connectivity index (χ1n) is 24.7. The number of hydrogen-bond donors (Lipinski definition) is 9. The Morgan fingerprint density at radius 2 is 0.776 bits per heavy atom. The molecule has 0 fully saturated rings. The molecular formula is C48H88O19. The topological polar surface area (TPSA) is 314 Å². The van der Waals surface area contributed by atoms with Crippen LogP contribution in [0.15, 0.2) is 0 Å². The molecule has 9 N–H and O–H groups in total. The van der Waals surface area contributed by atoms with E-state index in [0.717, 1.165) is 57.8 Å². The molecule has 0 aliphatic heterocycles. The lowest BCUT2D eigenvalue weighted by Gasteiger charge is -2.26. The Hall–Kier alpha value is -3.01. The number of unbranched alkanes of at least 4 members (excludes halogenated alkanes) is 8. The molecule has 0 aliphatic rings. The largest absolute Gasteiger partial charge is 0.463 e. The molecule has 0 aliphatic carbocycles. The number of rotatable bonds is 42. The average Bonchev–Trinajstić information content (AvgIpc) is 3.24. The van der Waals surface area contributed by atoms with E-state index < -0.39 is 129 Å². The second-order valence-electron chi connectivity index (χ2n) is 17.9. The number of carbonyl (C=O) groups is 5. The summed E-state index contributed by atoms with van der Waals surface area (Å²) >= 11 is 0. The molecule has 12 atom stereocenters. The first-order valence-corrected chi connectivity index (χ1v) is 24.7. The van der Waals surface area contributed by atoms with Gasteiger partial charge in [-0.05, 0) is 51.4 Å². The molecule has 0 spiro atoms. The Balaban J connectivity index is 5.64. The minimum atomic E-state index is -1.95. The van der Waals surface area contributed by atoms with Crippen molar-refractivity contribution in [3.05, 3.63) is 0 Å². The molecule has 0 heterocycles. The highest BCUT2D eigenvalue weighted by molar-refractivity contribution is 5.72. The molecule has 19 heteroatoms. The molecule has 67 heavy (non-hydrogen) atoms. The van der Waals surface area contributed by atoms with E-state index in [1.165, 1.54) is 6.92 Å². The van der Waals surface area contributed by atoms with Crippen LogP contribution in [0.2, 0.25) is 0 Å². The van der Waals surface area contributed by atoms with E-state index in [-0.39, 0.29) is 38.5 Å². The van der Waals surface area contributed by atoms with Gasteiger partial charge in [-0.1, -0.05) is 85.5 Å². The summed E-state index contributed by atoms with van der Waals surface area (Å²) in [5.41, 5.74) is 0. The van der Waals surface area contributed by atoms with Crippen LogP contribution in [0.4, 0.5) is 0 Å². The van der Waals surface area contributed by atoms with Gasteiger partial charge in [0.05, 0.1) is 56.7 Å². The highest BCUT2D eigenvalue weighted by Gasteiger charge is 2.32. The van der Waals surface area contributed by atoms with Crippen LogP contribution in [0.3, 0.4) is 0 Å². The lowest BCUT2D eigenvalue weighted by Crippen LogP contribution is -2.47. The fraction of sp³-hybridized carbons (Fsp3) is 0.896. The second kappa shape index (κ2) is 38.8. The Bertz CT molecular complexity index is 1320. The fourth-order valence-electron chi connectivity index (χ4n) is 7.52. The lowest BCUT2D eigenvalue weighted by atomic mass is 10.0. The van der Waals surface area contributed by atoms with Crippen LogP contribution in [-0.2, 0) is 47.7 Å². The summed E-state index contributed by atoms with van der Waals surface area (Å²) in [5.74, 6) is -3.85. The third-order valence-corrected chi connectivity index (χ3v) is 11.2. The van der Waals surface area contributed by atoms with Gasteiger partial charge in [-0.25, -0.2) is 0 Å². The van der Waals surface area contributed by atoms with Gasteiger partial charge in [-0.3, -0.25) is 24.0 Å². The molecule has 394 valence electrons. The maximum Gasteiger partial charge on any atom is 0.309 e. The van der Waals surface area contributed by atoms with Crippen LogP contribution in [0.25, 0.3) is 0 Å². The van der Waals surface area contributed by atoms with E-state index in [0.29, 0.717) is 44.9 Å². The van der Waals surface area contributed by atoms with Gasteiger partial charge in [0.15, 0.2) is 0 Å². The summed E-state index contributed by atoms with van der Waals surface area (Å²) in [6.45, 7) is 7.54. The number of ether oxygens (including phenoxy) is 5. The molecule has 8 unspecified atom stereocenters. The first-order chi connectivity index (χ1) is 31.8. The van der Waals surface area contributed by atoms with Crippen molar-refractivity contribution in [2.45, 2.75) is 262 Å². The van der Waals surface area contributed by atoms with Crippen LogP contribution in [0.5, 0.6) is 0 Å². The molecule has 0 saturated carbocycles. The van der Waals surface area contributed by atoms with Gasteiger partial charge >= 0.3 is 29.8 Å². The van der Waals surface area contributed by atoms with Crippen molar-refractivity contribution in [1.29, 1.82) is 0 Å². The van der Waals surface area contributed by atoms with Gasteiger partial charge in [0.25, 0.3) is 0 Å². The molecule has 0 amide bonds. The van der Waals surface area contributed by atoms with Crippen molar-refractivity contribution in [3.63, 3.8) is 0 Å². The Labute approximate surface area is 397 Å². The molecular weight excluding hydrogens is 881 g/mol. The van der Waals surface area contributed by atoms with Gasteiger partial charge in [-0.2, -0.15) is 0 Å². The maximum absolute atomic E-state index is 13.4. The SMILES string of the molecule is CCCCCC(O)CC(O)CC(=O)OC(CCCCC)CC(CC(=O)OC(CCCCC)CC(O)CC(=O)OC(CCCCC)CC(O)CC(=O)OC[C@@H](O)[C@@H](O)[C@H](O)[C@H](O)CO)OC(C)=O.